The van der Waals surface area contributed by atoms with Crippen LogP contribution >= 0.6 is 12.4 Å². The van der Waals surface area contributed by atoms with Gasteiger partial charge in [-0.3, -0.25) is 0 Å². The lowest BCUT2D eigenvalue weighted by atomic mass is 10.1. The second-order valence-electron chi connectivity index (χ2n) is 2.79. The molecule has 0 aliphatic rings. The van der Waals surface area contributed by atoms with Crippen LogP contribution in [0.15, 0.2) is 24.3 Å². The highest BCUT2D eigenvalue weighted by Crippen LogP contribution is 2.17. The molecule has 1 aromatic carbocycles. The quantitative estimate of drug-likeness (QED) is 0.839. The first kappa shape index (κ1) is 14.1. The van der Waals surface area contributed by atoms with Gasteiger partial charge in [-0.05, 0) is 17.7 Å². The van der Waals surface area contributed by atoms with Crippen LogP contribution in [0.3, 0.4) is 0 Å². The molecule has 0 spiro atoms. The maximum Gasteiger partial charge on any atom is 0.387 e. The van der Waals surface area contributed by atoms with Gasteiger partial charge in [-0.2, -0.15) is 8.78 Å². The molecule has 0 saturated heterocycles. The van der Waals surface area contributed by atoms with E-state index in [-0.39, 0.29) is 24.2 Å². The Balaban J connectivity index is 0.00000196. The van der Waals surface area contributed by atoms with Gasteiger partial charge in [0.15, 0.2) is 0 Å². The van der Waals surface area contributed by atoms with Gasteiger partial charge >= 0.3 is 6.61 Å². The molecular weight excluding hydrogens is 226 g/mol. The predicted molar refractivity (Wildman–Crippen MR) is 56.3 cm³/mol. The molecule has 1 aromatic rings. The standard InChI is InChI=1S/C9H12F2N2O.ClH/c10-9(11)14-7-3-1-6(2-4-7)8(13)5-12;/h1-4,8-9H,5,12-13H2;1H/t8-;/m0./s1. The number of alkyl halides is 2. The smallest absolute Gasteiger partial charge is 0.387 e. The SMILES string of the molecule is Cl.NC[C@H](N)c1ccc(OC(F)F)cc1. The topological polar surface area (TPSA) is 61.3 Å². The molecular formula is C9H13ClF2N2O. The molecule has 0 saturated carbocycles. The first-order chi connectivity index (χ1) is 6.63. The van der Waals surface area contributed by atoms with Gasteiger partial charge < -0.3 is 16.2 Å². The fourth-order valence-corrected chi connectivity index (χ4v) is 1.03. The van der Waals surface area contributed by atoms with Crippen LogP contribution in [0.25, 0.3) is 0 Å². The van der Waals surface area contributed by atoms with E-state index in [2.05, 4.69) is 4.74 Å². The van der Waals surface area contributed by atoms with Crippen LogP contribution in [0.2, 0.25) is 0 Å². The van der Waals surface area contributed by atoms with Crippen molar-refractivity contribution in [3.05, 3.63) is 29.8 Å². The Bertz CT molecular complexity index is 282. The van der Waals surface area contributed by atoms with Crippen LogP contribution in [0.5, 0.6) is 5.75 Å². The summed E-state index contributed by atoms with van der Waals surface area (Å²) >= 11 is 0. The van der Waals surface area contributed by atoms with Gasteiger partial charge in [0, 0.05) is 12.6 Å². The molecule has 1 rings (SSSR count). The van der Waals surface area contributed by atoms with Crippen LogP contribution in [0, 0.1) is 0 Å². The number of benzene rings is 1. The maximum atomic E-state index is 11.8. The molecule has 15 heavy (non-hydrogen) atoms. The molecule has 4 N–H and O–H groups in total. The van der Waals surface area contributed by atoms with E-state index in [0.29, 0.717) is 6.54 Å². The first-order valence-corrected chi connectivity index (χ1v) is 4.14. The molecule has 0 heterocycles. The minimum atomic E-state index is -2.80. The van der Waals surface area contributed by atoms with Gasteiger partial charge in [0.2, 0.25) is 0 Å². The molecule has 0 fully saturated rings. The second kappa shape index (κ2) is 6.55. The van der Waals surface area contributed by atoms with Crippen molar-refractivity contribution in [2.45, 2.75) is 12.7 Å². The van der Waals surface area contributed by atoms with Crippen molar-refractivity contribution in [2.24, 2.45) is 11.5 Å². The Morgan fingerprint density at radius 2 is 1.73 bits per heavy atom. The van der Waals surface area contributed by atoms with Crippen LogP contribution < -0.4 is 16.2 Å². The maximum absolute atomic E-state index is 11.8. The van der Waals surface area contributed by atoms with Crippen LogP contribution in [-0.4, -0.2) is 13.2 Å². The number of hydrogen-bond donors (Lipinski definition) is 2. The molecule has 0 aromatic heterocycles. The van der Waals surface area contributed by atoms with Gasteiger partial charge in [-0.25, -0.2) is 0 Å². The summed E-state index contributed by atoms with van der Waals surface area (Å²) in [5.41, 5.74) is 11.8. The van der Waals surface area contributed by atoms with Gasteiger partial charge in [0.1, 0.15) is 5.75 Å². The van der Waals surface area contributed by atoms with Crippen LogP contribution in [0.1, 0.15) is 11.6 Å². The van der Waals surface area contributed by atoms with Crippen molar-refractivity contribution in [3.8, 4) is 5.75 Å². The zero-order chi connectivity index (χ0) is 10.6. The number of ether oxygens (including phenoxy) is 1. The lowest BCUT2D eigenvalue weighted by Crippen LogP contribution is -2.20. The van der Waals surface area contributed by atoms with Crippen molar-refractivity contribution in [1.29, 1.82) is 0 Å². The van der Waals surface area contributed by atoms with E-state index in [0.717, 1.165) is 5.56 Å². The van der Waals surface area contributed by atoms with E-state index in [1.807, 2.05) is 0 Å². The highest BCUT2D eigenvalue weighted by Gasteiger charge is 2.06. The average Bonchev–Trinajstić information content (AvgIpc) is 2.17. The van der Waals surface area contributed by atoms with Gasteiger partial charge in [0.05, 0.1) is 0 Å². The largest absolute Gasteiger partial charge is 0.435 e. The Kier molecular flexibility index (Phi) is 6.15. The molecule has 6 heteroatoms. The summed E-state index contributed by atoms with van der Waals surface area (Å²) in [6, 6.07) is 5.86. The van der Waals surface area contributed by atoms with Crippen molar-refractivity contribution in [1.82, 2.24) is 0 Å². The summed E-state index contributed by atoms with van der Waals surface area (Å²) in [6.07, 6.45) is 0. The summed E-state index contributed by atoms with van der Waals surface area (Å²) in [4.78, 5) is 0. The van der Waals surface area contributed by atoms with Gasteiger partial charge in [-0.1, -0.05) is 12.1 Å². The number of halogens is 3. The molecule has 0 amide bonds. The summed E-state index contributed by atoms with van der Waals surface area (Å²) < 4.78 is 27.7. The summed E-state index contributed by atoms with van der Waals surface area (Å²) in [6.45, 7) is -2.49. The Morgan fingerprint density at radius 1 is 1.20 bits per heavy atom. The van der Waals surface area contributed by atoms with Gasteiger partial charge in [-0.15, -0.1) is 12.4 Å². The Hall–Kier alpha value is -0.910. The summed E-state index contributed by atoms with van der Waals surface area (Å²) in [5, 5.41) is 0. The van der Waals surface area contributed by atoms with E-state index < -0.39 is 6.61 Å². The summed E-state index contributed by atoms with van der Waals surface area (Å²) in [5.74, 6) is 0.118. The molecule has 0 aliphatic heterocycles. The normalized spacial score (nSPS) is 12.1. The lowest BCUT2D eigenvalue weighted by molar-refractivity contribution is -0.0498. The highest BCUT2D eigenvalue weighted by molar-refractivity contribution is 5.85. The van der Waals surface area contributed by atoms with Crippen molar-refractivity contribution < 1.29 is 13.5 Å². The zero-order valence-electron chi connectivity index (χ0n) is 7.90. The number of hydrogen-bond acceptors (Lipinski definition) is 3. The molecule has 1 atom stereocenters. The van der Waals surface area contributed by atoms with E-state index in [9.17, 15) is 8.78 Å². The van der Waals surface area contributed by atoms with Crippen molar-refractivity contribution >= 4 is 12.4 Å². The van der Waals surface area contributed by atoms with E-state index in [1.165, 1.54) is 12.1 Å². The first-order valence-electron chi connectivity index (χ1n) is 4.14. The average molecular weight is 239 g/mol. The Morgan fingerprint density at radius 3 is 2.13 bits per heavy atom. The van der Waals surface area contributed by atoms with Crippen molar-refractivity contribution in [3.63, 3.8) is 0 Å². The number of rotatable bonds is 4. The molecule has 0 aliphatic carbocycles. The number of nitrogens with two attached hydrogens (primary N) is 2. The summed E-state index contributed by atoms with van der Waals surface area (Å²) in [7, 11) is 0. The third-order valence-electron chi connectivity index (χ3n) is 1.79. The fraction of sp³-hybridized carbons (Fsp3) is 0.333. The van der Waals surface area contributed by atoms with E-state index in [1.54, 1.807) is 12.1 Å². The van der Waals surface area contributed by atoms with Crippen LogP contribution in [-0.2, 0) is 0 Å². The molecule has 0 radical (unpaired) electrons. The predicted octanol–water partition coefficient (Wildman–Crippen LogP) is 1.67. The fourth-order valence-electron chi connectivity index (χ4n) is 1.03. The molecule has 3 nitrogen and oxygen atoms in total. The monoisotopic (exact) mass is 238 g/mol. The molecule has 86 valence electrons. The van der Waals surface area contributed by atoms with E-state index in [4.69, 9.17) is 11.5 Å². The zero-order valence-corrected chi connectivity index (χ0v) is 8.71. The third kappa shape index (κ3) is 4.42. The molecule has 0 bridgehead atoms. The van der Waals surface area contributed by atoms with E-state index >= 15 is 0 Å². The van der Waals surface area contributed by atoms with Crippen molar-refractivity contribution in [2.75, 3.05) is 6.54 Å². The Labute approximate surface area is 92.8 Å². The lowest BCUT2D eigenvalue weighted by Gasteiger charge is -2.10. The highest BCUT2D eigenvalue weighted by atomic mass is 35.5. The second-order valence-corrected chi connectivity index (χ2v) is 2.79. The van der Waals surface area contributed by atoms with Crippen LogP contribution in [0.4, 0.5) is 8.78 Å². The minimum Gasteiger partial charge on any atom is -0.435 e. The van der Waals surface area contributed by atoms with Gasteiger partial charge in [0.25, 0.3) is 0 Å². The minimum absolute atomic E-state index is 0. The third-order valence-corrected chi connectivity index (χ3v) is 1.79. The molecule has 0 unspecified atom stereocenters.